The first-order valence-corrected chi connectivity index (χ1v) is 3.85. The number of carbonyl (C=O) groups is 1. The molecule has 66 valence electrons. The summed E-state index contributed by atoms with van der Waals surface area (Å²) in [5, 5.41) is 2.74. The lowest BCUT2D eigenvalue weighted by molar-refractivity contribution is -0.120. The highest BCUT2D eigenvalue weighted by atomic mass is 16.2. The predicted octanol–water partition coefficient (Wildman–Crippen LogP) is -0.244. The van der Waals surface area contributed by atoms with E-state index in [-0.39, 0.29) is 19.0 Å². The van der Waals surface area contributed by atoms with Gasteiger partial charge in [0.25, 0.3) is 0 Å². The first kappa shape index (κ1) is 8.49. The number of unbranched alkanes of at least 4 members (excludes halogenated alkanes) is 1. The first-order valence-electron chi connectivity index (χ1n) is 4.43. The van der Waals surface area contributed by atoms with Gasteiger partial charge in [0.2, 0.25) is 5.91 Å². The molecule has 0 rings (SSSR count). The van der Waals surface area contributed by atoms with Crippen molar-refractivity contribution in [3.63, 3.8) is 0 Å². The number of hydrogen-bond acceptors (Lipinski definition) is 3. The standard InChI is InChI=1S/C7H17N3O/c1-2-3-4-5-9-6-7(11)10-8/h9H,2-6,8H2,1H3,(H,10,11)/i5D/t5-/m0/s1. The molecule has 0 unspecified atom stereocenters. The van der Waals surface area contributed by atoms with Gasteiger partial charge in [0.05, 0.1) is 6.54 Å². The molecule has 0 spiro atoms. The molecule has 0 aromatic carbocycles. The van der Waals surface area contributed by atoms with E-state index < -0.39 is 0 Å². The Morgan fingerprint density at radius 3 is 2.91 bits per heavy atom. The fraction of sp³-hybridized carbons (Fsp3) is 0.857. The zero-order valence-electron chi connectivity index (χ0n) is 7.89. The van der Waals surface area contributed by atoms with Crippen LogP contribution in [0.5, 0.6) is 0 Å². The van der Waals surface area contributed by atoms with E-state index >= 15 is 0 Å². The molecular weight excluding hydrogens is 142 g/mol. The lowest BCUT2D eigenvalue weighted by Crippen LogP contribution is -2.38. The SMILES string of the molecule is [2H][C@@H](CCCC)NCC(=O)NN. The van der Waals surface area contributed by atoms with Gasteiger partial charge in [-0.1, -0.05) is 19.8 Å². The number of rotatable bonds is 6. The Balaban J connectivity index is 3.30. The summed E-state index contributed by atoms with van der Waals surface area (Å²) in [5.41, 5.74) is 1.99. The van der Waals surface area contributed by atoms with Crippen molar-refractivity contribution in [1.29, 1.82) is 0 Å². The summed E-state index contributed by atoms with van der Waals surface area (Å²) in [5.74, 6) is 4.57. The van der Waals surface area contributed by atoms with Crippen LogP contribution < -0.4 is 16.6 Å². The smallest absolute Gasteiger partial charge is 0.247 e. The molecule has 0 aliphatic carbocycles. The summed E-state index contributed by atoms with van der Waals surface area (Å²) in [7, 11) is 0. The minimum Gasteiger partial charge on any atom is -0.308 e. The largest absolute Gasteiger partial charge is 0.308 e. The van der Waals surface area contributed by atoms with Crippen molar-refractivity contribution in [1.82, 2.24) is 10.7 Å². The normalized spacial score (nSPS) is 13.8. The van der Waals surface area contributed by atoms with E-state index in [9.17, 15) is 4.79 Å². The highest BCUT2D eigenvalue weighted by Crippen LogP contribution is 1.90. The number of carbonyl (C=O) groups excluding carboxylic acids is 1. The zero-order valence-corrected chi connectivity index (χ0v) is 6.89. The van der Waals surface area contributed by atoms with Crippen LogP contribution in [0.25, 0.3) is 0 Å². The van der Waals surface area contributed by atoms with Crippen molar-refractivity contribution in [3.05, 3.63) is 0 Å². The minimum atomic E-state index is -0.359. The summed E-state index contributed by atoms with van der Waals surface area (Å²) in [6, 6.07) is 0. The van der Waals surface area contributed by atoms with Crippen molar-refractivity contribution < 1.29 is 6.17 Å². The van der Waals surface area contributed by atoms with Crippen molar-refractivity contribution in [2.45, 2.75) is 26.2 Å². The second-order valence-electron chi connectivity index (χ2n) is 2.29. The third kappa shape index (κ3) is 7.29. The molecule has 0 saturated carbocycles. The molecule has 0 radical (unpaired) electrons. The van der Waals surface area contributed by atoms with Crippen LogP contribution >= 0.6 is 0 Å². The number of nitrogens with two attached hydrogens (primary N) is 1. The quantitative estimate of drug-likeness (QED) is 0.285. The van der Waals surface area contributed by atoms with Crippen LogP contribution in [0.4, 0.5) is 0 Å². The molecule has 0 aromatic heterocycles. The van der Waals surface area contributed by atoms with Crippen LogP contribution in [-0.4, -0.2) is 19.0 Å². The zero-order chi connectivity index (χ0) is 9.40. The number of hydrogen-bond donors (Lipinski definition) is 3. The van der Waals surface area contributed by atoms with Gasteiger partial charge in [0.1, 0.15) is 0 Å². The van der Waals surface area contributed by atoms with Crippen LogP contribution in [-0.2, 0) is 4.79 Å². The van der Waals surface area contributed by atoms with Gasteiger partial charge in [0.15, 0.2) is 0 Å². The van der Waals surface area contributed by atoms with Crippen molar-refractivity contribution in [3.8, 4) is 0 Å². The summed E-state index contributed by atoms with van der Waals surface area (Å²) in [4.78, 5) is 10.6. The molecule has 4 heteroatoms. The average molecular weight is 160 g/mol. The van der Waals surface area contributed by atoms with Gasteiger partial charge >= 0.3 is 0 Å². The van der Waals surface area contributed by atoms with Crippen LogP contribution in [0.2, 0.25) is 0 Å². The van der Waals surface area contributed by atoms with Gasteiger partial charge < -0.3 is 5.32 Å². The Morgan fingerprint density at radius 2 is 2.36 bits per heavy atom. The van der Waals surface area contributed by atoms with E-state index in [1.807, 2.05) is 5.43 Å². The van der Waals surface area contributed by atoms with Gasteiger partial charge in [0, 0.05) is 1.37 Å². The maximum atomic E-state index is 10.6. The summed E-state index contributed by atoms with van der Waals surface area (Å²) >= 11 is 0. The summed E-state index contributed by atoms with van der Waals surface area (Å²) in [6.45, 7) is 1.83. The third-order valence-electron chi connectivity index (χ3n) is 1.27. The molecule has 11 heavy (non-hydrogen) atoms. The van der Waals surface area contributed by atoms with Crippen molar-refractivity contribution in [2.75, 3.05) is 13.1 Å². The number of nitrogens with one attached hydrogen (secondary N) is 2. The van der Waals surface area contributed by atoms with Gasteiger partial charge in [-0.3, -0.25) is 10.2 Å². The first-order chi connectivity index (χ1) is 5.70. The van der Waals surface area contributed by atoms with Gasteiger partial charge in [-0.25, -0.2) is 5.84 Å². The summed E-state index contributed by atoms with van der Waals surface area (Å²) in [6.07, 6.45) is 2.85. The average Bonchev–Trinajstić information content (AvgIpc) is 2.10. The molecule has 4 nitrogen and oxygen atoms in total. The van der Waals surface area contributed by atoms with E-state index in [0.29, 0.717) is 0 Å². The lowest BCUT2D eigenvalue weighted by Gasteiger charge is -2.01. The Morgan fingerprint density at radius 1 is 1.64 bits per heavy atom. The summed E-state index contributed by atoms with van der Waals surface area (Å²) < 4.78 is 7.41. The van der Waals surface area contributed by atoms with E-state index in [0.717, 1.165) is 19.3 Å². The molecule has 0 aliphatic heterocycles. The lowest BCUT2D eigenvalue weighted by atomic mass is 10.2. The van der Waals surface area contributed by atoms with E-state index in [4.69, 9.17) is 7.21 Å². The van der Waals surface area contributed by atoms with Crippen LogP contribution in [0.3, 0.4) is 0 Å². The molecule has 0 aliphatic rings. The predicted molar refractivity (Wildman–Crippen MR) is 44.7 cm³/mol. The minimum absolute atomic E-state index is 0.119. The third-order valence-corrected chi connectivity index (χ3v) is 1.27. The molecule has 0 aromatic rings. The Labute approximate surface area is 68.9 Å². The number of amides is 1. The van der Waals surface area contributed by atoms with Crippen molar-refractivity contribution >= 4 is 5.91 Å². The topological polar surface area (TPSA) is 67.2 Å². The highest BCUT2D eigenvalue weighted by molar-refractivity contribution is 5.77. The molecular formula is C7H17N3O. The van der Waals surface area contributed by atoms with Gasteiger partial charge in [-0.15, -0.1) is 0 Å². The van der Waals surface area contributed by atoms with E-state index in [2.05, 4.69) is 12.2 Å². The number of hydrazine groups is 1. The second kappa shape index (κ2) is 7.50. The Kier molecular flexibility index (Phi) is 5.78. The van der Waals surface area contributed by atoms with E-state index in [1.54, 1.807) is 0 Å². The maximum absolute atomic E-state index is 10.6. The van der Waals surface area contributed by atoms with Crippen LogP contribution in [0.1, 0.15) is 27.6 Å². The second-order valence-corrected chi connectivity index (χ2v) is 2.29. The Bertz CT molecular complexity index is 132. The molecule has 4 N–H and O–H groups in total. The Hall–Kier alpha value is -0.610. The molecule has 0 fully saturated rings. The van der Waals surface area contributed by atoms with E-state index in [1.165, 1.54) is 0 Å². The fourth-order valence-electron chi connectivity index (χ4n) is 0.624. The maximum Gasteiger partial charge on any atom is 0.247 e. The molecule has 0 bridgehead atoms. The molecule has 0 saturated heterocycles. The molecule has 0 heterocycles. The highest BCUT2D eigenvalue weighted by Gasteiger charge is 1.94. The monoisotopic (exact) mass is 160 g/mol. The van der Waals surface area contributed by atoms with Gasteiger partial charge in [-0.05, 0) is 12.9 Å². The van der Waals surface area contributed by atoms with Crippen LogP contribution in [0.15, 0.2) is 0 Å². The molecule has 1 atom stereocenters. The van der Waals surface area contributed by atoms with Gasteiger partial charge in [-0.2, -0.15) is 0 Å². The van der Waals surface area contributed by atoms with Crippen LogP contribution in [0, 0.1) is 0 Å². The molecule has 1 amide bonds. The fourth-order valence-corrected chi connectivity index (χ4v) is 0.624. The van der Waals surface area contributed by atoms with Crippen molar-refractivity contribution in [2.24, 2.45) is 5.84 Å².